The van der Waals surface area contributed by atoms with Gasteiger partial charge in [0, 0.05) is 3.57 Å². The summed E-state index contributed by atoms with van der Waals surface area (Å²) in [4.78, 5) is -0.125. The molecule has 3 aromatic rings. The molecule has 148 valence electrons. The summed E-state index contributed by atoms with van der Waals surface area (Å²) in [5.41, 5.74) is 0.212. The highest BCUT2D eigenvalue weighted by atomic mass is 127. The number of aryl methyl sites for hydroxylation is 3. The molecule has 1 aromatic heterocycles. The van der Waals surface area contributed by atoms with Gasteiger partial charge in [-0.1, -0.05) is 11.2 Å². The summed E-state index contributed by atoms with van der Waals surface area (Å²) in [5, 5.41) is 6.29. The smallest absolute Gasteiger partial charge is 0.267 e. The van der Waals surface area contributed by atoms with E-state index >= 15 is 0 Å². The van der Waals surface area contributed by atoms with Crippen LogP contribution in [0.2, 0.25) is 0 Å². The van der Waals surface area contributed by atoms with Crippen molar-refractivity contribution in [1.29, 1.82) is 0 Å². The minimum Gasteiger partial charge on any atom is -0.360 e. The number of benzene rings is 2. The van der Waals surface area contributed by atoms with Gasteiger partial charge in [-0.05, 0) is 73.2 Å². The Morgan fingerprint density at radius 2 is 1.75 bits per heavy atom. The Balaban J connectivity index is 2.06. The average molecular weight is 519 g/mol. The van der Waals surface area contributed by atoms with Crippen molar-refractivity contribution in [3.8, 4) is 0 Å². The zero-order valence-corrected chi connectivity index (χ0v) is 18.1. The number of sulfonamides is 1. The Morgan fingerprint density at radius 3 is 2.36 bits per heavy atom. The number of rotatable bonds is 5. The van der Waals surface area contributed by atoms with Crippen molar-refractivity contribution >= 4 is 49.7 Å². The monoisotopic (exact) mass is 519 g/mol. The van der Waals surface area contributed by atoms with E-state index in [1.54, 1.807) is 6.07 Å². The summed E-state index contributed by atoms with van der Waals surface area (Å²) in [6.07, 6.45) is 0. The third-order valence-electron chi connectivity index (χ3n) is 4.01. The van der Waals surface area contributed by atoms with Gasteiger partial charge in [0.05, 0.1) is 17.1 Å². The number of nitrogens with zero attached hydrogens (tertiary/aromatic N) is 1. The molecule has 1 heterocycles. The maximum atomic E-state index is 14.8. The molecule has 0 atom stereocenters. The van der Waals surface area contributed by atoms with Gasteiger partial charge in [0.1, 0.15) is 11.5 Å². The van der Waals surface area contributed by atoms with E-state index in [1.165, 1.54) is 45.0 Å². The molecule has 0 amide bonds. The van der Waals surface area contributed by atoms with Gasteiger partial charge < -0.3 is 9.84 Å². The van der Waals surface area contributed by atoms with E-state index in [-0.39, 0.29) is 39.0 Å². The van der Waals surface area contributed by atoms with Crippen molar-refractivity contribution in [2.75, 3.05) is 10.0 Å². The molecule has 0 bridgehead atoms. The molecule has 0 saturated heterocycles. The molecule has 6 nitrogen and oxygen atoms in total. The minimum atomic E-state index is -4.10. The molecule has 0 aliphatic rings. The summed E-state index contributed by atoms with van der Waals surface area (Å²) in [7, 11) is -4.10. The van der Waals surface area contributed by atoms with Crippen molar-refractivity contribution in [3.05, 3.63) is 62.6 Å². The van der Waals surface area contributed by atoms with Crippen LogP contribution in [-0.2, 0) is 10.0 Å². The number of hydrogen-bond donors (Lipinski definition) is 2. The van der Waals surface area contributed by atoms with Crippen molar-refractivity contribution in [3.63, 3.8) is 0 Å². The van der Waals surface area contributed by atoms with E-state index in [2.05, 4.69) is 15.2 Å². The van der Waals surface area contributed by atoms with Crippen molar-refractivity contribution < 1.29 is 21.7 Å². The molecule has 0 aliphatic carbocycles. The fraction of sp³-hybridized carbons (Fsp3) is 0.167. The van der Waals surface area contributed by atoms with Crippen LogP contribution in [-0.4, -0.2) is 13.6 Å². The largest absolute Gasteiger partial charge is 0.360 e. The maximum absolute atomic E-state index is 14.8. The highest BCUT2D eigenvalue weighted by Gasteiger charge is 2.26. The molecule has 0 saturated carbocycles. The van der Waals surface area contributed by atoms with Crippen LogP contribution in [0.4, 0.5) is 25.8 Å². The number of aromatic nitrogens is 1. The summed E-state index contributed by atoms with van der Waals surface area (Å²) >= 11 is 1.95. The van der Waals surface area contributed by atoms with Crippen LogP contribution < -0.4 is 10.0 Å². The lowest BCUT2D eigenvalue weighted by Gasteiger charge is -2.16. The molecule has 2 aromatic carbocycles. The molecular formula is C18H16F2IN3O3S. The first kappa shape index (κ1) is 20.5. The normalized spacial score (nSPS) is 11.5. The molecule has 0 radical (unpaired) electrons. The first-order chi connectivity index (χ1) is 13.1. The van der Waals surface area contributed by atoms with E-state index in [0.717, 1.165) is 0 Å². The summed E-state index contributed by atoms with van der Waals surface area (Å²) < 4.78 is 62.5. The van der Waals surface area contributed by atoms with Gasteiger partial charge in [-0.2, -0.15) is 0 Å². The highest BCUT2D eigenvalue weighted by Crippen LogP contribution is 2.34. The van der Waals surface area contributed by atoms with Gasteiger partial charge >= 0.3 is 0 Å². The highest BCUT2D eigenvalue weighted by molar-refractivity contribution is 14.1. The van der Waals surface area contributed by atoms with Gasteiger partial charge in [-0.25, -0.2) is 17.2 Å². The second-order valence-electron chi connectivity index (χ2n) is 6.13. The zero-order chi connectivity index (χ0) is 20.6. The van der Waals surface area contributed by atoms with Crippen LogP contribution in [0.5, 0.6) is 0 Å². The first-order valence-corrected chi connectivity index (χ1v) is 10.6. The van der Waals surface area contributed by atoms with Gasteiger partial charge in [0.2, 0.25) is 0 Å². The first-order valence-electron chi connectivity index (χ1n) is 8.07. The SMILES string of the molecule is Cc1ccc(NS(=O)(=O)c2c(C)noc2C)c(Nc2ccc(I)cc2F)c1F. The van der Waals surface area contributed by atoms with Gasteiger partial charge in [-0.3, -0.25) is 4.72 Å². The van der Waals surface area contributed by atoms with E-state index in [9.17, 15) is 17.2 Å². The molecule has 10 heteroatoms. The molecule has 0 fully saturated rings. The van der Waals surface area contributed by atoms with Gasteiger partial charge in [0.25, 0.3) is 10.0 Å². The fourth-order valence-corrected chi connectivity index (χ4v) is 4.52. The predicted octanol–water partition coefficient (Wildman–Crippen LogP) is 5.03. The lowest BCUT2D eigenvalue weighted by atomic mass is 10.1. The minimum absolute atomic E-state index is 0.0164. The maximum Gasteiger partial charge on any atom is 0.267 e. The molecule has 0 aliphatic heterocycles. The van der Waals surface area contributed by atoms with Crippen molar-refractivity contribution in [2.45, 2.75) is 25.7 Å². The lowest BCUT2D eigenvalue weighted by molar-refractivity contribution is 0.390. The van der Waals surface area contributed by atoms with E-state index in [0.29, 0.717) is 3.57 Å². The average Bonchev–Trinajstić information content (AvgIpc) is 2.95. The Morgan fingerprint density at radius 1 is 1.07 bits per heavy atom. The van der Waals surface area contributed by atoms with Crippen molar-refractivity contribution in [2.24, 2.45) is 0 Å². The number of anilines is 3. The van der Waals surface area contributed by atoms with Crippen LogP contribution in [0.1, 0.15) is 17.0 Å². The number of halogens is 3. The fourth-order valence-electron chi connectivity index (χ4n) is 2.67. The summed E-state index contributed by atoms with van der Waals surface area (Å²) in [5.74, 6) is -1.18. The molecular weight excluding hydrogens is 503 g/mol. The van der Waals surface area contributed by atoms with Crippen LogP contribution in [0.25, 0.3) is 0 Å². The van der Waals surface area contributed by atoms with Crippen LogP contribution in [0.3, 0.4) is 0 Å². The molecule has 28 heavy (non-hydrogen) atoms. The van der Waals surface area contributed by atoms with Gasteiger partial charge in [0.15, 0.2) is 16.5 Å². The summed E-state index contributed by atoms with van der Waals surface area (Å²) in [6, 6.07) is 7.21. The van der Waals surface area contributed by atoms with Gasteiger partial charge in [-0.15, -0.1) is 0 Å². The lowest BCUT2D eigenvalue weighted by Crippen LogP contribution is -2.16. The van der Waals surface area contributed by atoms with Crippen molar-refractivity contribution in [1.82, 2.24) is 5.16 Å². The Labute approximate surface area is 174 Å². The molecule has 0 spiro atoms. The third kappa shape index (κ3) is 3.97. The Kier molecular flexibility index (Phi) is 5.62. The van der Waals surface area contributed by atoms with Crippen LogP contribution in [0.15, 0.2) is 39.8 Å². The second-order valence-corrected chi connectivity index (χ2v) is 8.99. The second kappa shape index (κ2) is 7.66. The Hall–Kier alpha value is -2.21. The quantitative estimate of drug-likeness (QED) is 0.463. The van der Waals surface area contributed by atoms with Crippen LogP contribution in [0, 0.1) is 36.0 Å². The molecule has 2 N–H and O–H groups in total. The predicted molar refractivity (Wildman–Crippen MR) is 110 cm³/mol. The summed E-state index contributed by atoms with van der Waals surface area (Å²) in [6.45, 7) is 4.47. The molecule has 3 rings (SSSR count). The van der Waals surface area contributed by atoms with E-state index in [4.69, 9.17) is 4.52 Å². The topological polar surface area (TPSA) is 84.2 Å². The number of nitrogens with one attached hydrogen (secondary N) is 2. The third-order valence-corrected chi connectivity index (χ3v) is 6.29. The van der Waals surface area contributed by atoms with E-state index in [1.807, 2.05) is 22.6 Å². The molecule has 0 unspecified atom stereocenters. The standard InChI is InChI=1S/C18H16F2IN3O3S/c1-9-4-6-15(24-28(25,26)18-10(2)23-27-11(18)3)17(16(9)20)22-14-7-5-12(21)8-13(14)19/h4-8,22,24H,1-3H3. The Bertz CT molecular complexity index is 1140. The number of hydrogen-bond acceptors (Lipinski definition) is 5. The van der Waals surface area contributed by atoms with E-state index < -0.39 is 21.7 Å². The van der Waals surface area contributed by atoms with Crippen LogP contribution >= 0.6 is 22.6 Å². The zero-order valence-electron chi connectivity index (χ0n) is 15.1.